The lowest BCUT2D eigenvalue weighted by Gasteiger charge is -2.04. The molecule has 7 heteroatoms. The highest BCUT2D eigenvalue weighted by atomic mass is 79.9. The predicted octanol–water partition coefficient (Wildman–Crippen LogP) is 1.64. The lowest BCUT2D eigenvalue weighted by Crippen LogP contribution is -2.24. The first-order valence-corrected chi connectivity index (χ1v) is 5.84. The Morgan fingerprint density at radius 2 is 2.28 bits per heavy atom. The lowest BCUT2D eigenvalue weighted by molar-refractivity contribution is 0.249. The van der Waals surface area contributed by atoms with E-state index in [2.05, 4.69) is 31.6 Å². The van der Waals surface area contributed by atoms with Crippen LogP contribution in [-0.2, 0) is 0 Å². The van der Waals surface area contributed by atoms with E-state index in [1.165, 1.54) is 6.21 Å². The summed E-state index contributed by atoms with van der Waals surface area (Å²) in [6, 6.07) is 6.81. The molecule has 0 spiro atoms. The SMILES string of the molecule is NC(=O)NN=Cc1ccccc1-n1cc(Br)cn1. The fraction of sp³-hybridized carbons (Fsp3) is 0. The van der Waals surface area contributed by atoms with Crippen molar-refractivity contribution in [2.24, 2.45) is 10.8 Å². The quantitative estimate of drug-likeness (QED) is 0.667. The summed E-state index contributed by atoms with van der Waals surface area (Å²) in [6.45, 7) is 0. The zero-order valence-corrected chi connectivity index (χ0v) is 10.8. The van der Waals surface area contributed by atoms with E-state index in [4.69, 9.17) is 5.73 Å². The van der Waals surface area contributed by atoms with Gasteiger partial charge in [-0.05, 0) is 22.0 Å². The second-order valence-corrected chi connectivity index (χ2v) is 4.31. The van der Waals surface area contributed by atoms with Crippen LogP contribution >= 0.6 is 15.9 Å². The number of urea groups is 1. The van der Waals surface area contributed by atoms with E-state index < -0.39 is 6.03 Å². The number of halogens is 1. The number of rotatable bonds is 3. The second kappa shape index (κ2) is 5.46. The number of primary amides is 1. The van der Waals surface area contributed by atoms with Crippen LogP contribution in [0, 0.1) is 0 Å². The van der Waals surface area contributed by atoms with Crippen LogP contribution < -0.4 is 11.2 Å². The van der Waals surface area contributed by atoms with Gasteiger partial charge in [0, 0.05) is 11.8 Å². The molecular weight excluding hydrogens is 298 g/mol. The molecule has 6 nitrogen and oxygen atoms in total. The summed E-state index contributed by atoms with van der Waals surface area (Å²) in [7, 11) is 0. The number of nitrogens with one attached hydrogen (secondary N) is 1. The molecule has 0 saturated heterocycles. The van der Waals surface area contributed by atoms with Gasteiger partial charge in [-0.1, -0.05) is 18.2 Å². The smallest absolute Gasteiger partial charge is 0.332 e. The molecule has 3 N–H and O–H groups in total. The number of para-hydroxylation sites is 1. The van der Waals surface area contributed by atoms with Gasteiger partial charge in [0.1, 0.15) is 0 Å². The van der Waals surface area contributed by atoms with E-state index in [1.54, 1.807) is 10.9 Å². The monoisotopic (exact) mass is 307 g/mol. The molecule has 2 rings (SSSR count). The number of hydrogen-bond acceptors (Lipinski definition) is 3. The Morgan fingerprint density at radius 3 is 2.94 bits per heavy atom. The van der Waals surface area contributed by atoms with Gasteiger partial charge in [0.05, 0.1) is 22.6 Å². The summed E-state index contributed by atoms with van der Waals surface area (Å²) in [5.41, 5.74) is 8.72. The van der Waals surface area contributed by atoms with E-state index in [-0.39, 0.29) is 0 Å². The Hall–Kier alpha value is -2.15. The number of benzene rings is 1. The fourth-order valence-electron chi connectivity index (χ4n) is 1.40. The van der Waals surface area contributed by atoms with E-state index >= 15 is 0 Å². The van der Waals surface area contributed by atoms with Gasteiger partial charge in [0.15, 0.2) is 0 Å². The average Bonchev–Trinajstić information content (AvgIpc) is 2.76. The van der Waals surface area contributed by atoms with Gasteiger partial charge in [0.25, 0.3) is 0 Å². The van der Waals surface area contributed by atoms with Gasteiger partial charge in [-0.3, -0.25) is 0 Å². The standard InChI is InChI=1S/C11H10BrN5O/c12-9-6-15-17(7-9)10-4-2-1-3-8(10)5-14-16-11(13)18/h1-7H,(H3,13,16,18). The van der Waals surface area contributed by atoms with Crippen LogP contribution in [0.2, 0.25) is 0 Å². The Bertz CT molecular complexity index is 593. The molecule has 0 aliphatic rings. The third kappa shape index (κ3) is 2.95. The van der Waals surface area contributed by atoms with Crippen LogP contribution in [-0.4, -0.2) is 22.0 Å². The second-order valence-electron chi connectivity index (χ2n) is 3.40. The molecule has 1 heterocycles. The zero-order valence-electron chi connectivity index (χ0n) is 9.25. The highest BCUT2D eigenvalue weighted by Gasteiger charge is 2.03. The van der Waals surface area contributed by atoms with Crippen molar-refractivity contribution in [1.82, 2.24) is 15.2 Å². The van der Waals surface area contributed by atoms with Crippen molar-refractivity contribution >= 4 is 28.2 Å². The normalized spacial score (nSPS) is 10.7. The zero-order chi connectivity index (χ0) is 13.0. The highest BCUT2D eigenvalue weighted by molar-refractivity contribution is 9.10. The molecule has 18 heavy (non-hydrogen) atoms. The Labute approximate surface area is 112 Å². The van der Waals surface area contributed by atoms with Crippen LogP contribution in [0.3, 0.4) is 0 Å². The molecule has 0 saturated carbocycles. The Balaban J connectivity index is 2.31. The molecule has 0 radical (unpaired) electrons. The number of amides is 2. The first-order valence-electron chi connectivity index (χ1n) is 5.05. The molecule has 1 aromatic carbocycles. The highest BCUT2D eigenvalue weighted by Crippen LogP contribution is 2.15. The molecule has 2 aromatic rings. The summed E-state index contributed by atoms with van der Waals surface area (Å²) < 4.78 is 2.58. The molecule has 0 fully saturated rings. The third-order valence-electron chi connectivity index (χ3n) is 2.11. The number of nitrogens with zero attached hydrogens (tertiary/aromatic N) is 3. The first-order chi connectivity index (χ1) is 8.66. The Kier molecular flexibility index (Phi) is 3.73. The molecule has 0 aliphatic heterocycles. The molecule has 0 aliphatic carbocycles. The van der Waals surface area contributed by atoms with Crippen molar-refractivity contribution in [3.63, 3.8) is 0 Å². The van der Waals surface area contributed by atoms with Gasteiger partial charge in [-0.15, -0.1) is 0 Å². The minimum atomic E-state index is -0.703. The van der Waals surface area contributed by atoms with E-state index in [9.17, 15) is 4.79 Å². The van der Waals surface area contributed by atoms with Crippen molar-refractivity contribution in [1.29, 1.82) is 0 Å². The van der Waals surface area contributed by atoms with Crippen LogP contribution in [0.5, 0.6) is 0 Å². The molecule has 0 unspecified atom stereocenters. The summed E-state index contributed by atoms with van der Waals surface area (Å²) in [5, 5.41) is 7.92. The molecule has 1 aromatic heterocycles. The minimum absolute atomic E-state index is 0.703. The number of hydrogen-bond donors (Lipinski definition) is 2. The Morgan fingerprint density at radius 1 is 1.50 bits per heavy atom. The van der Waals surface area contributed by atoms with Crippen molar-refractivity contribution in [3.8, 4) is 5.69 Å². The minimum Gasteiger partial charge on any atom is -0.350 e. The largest absolute Gasteiger partial charge is 0.350 e. The molecule has 2 amide bonds. The van der Waals surface area contributed by atoms with Crippen molar-refractivity contribution in [2.45, 2.75) is 0 Å². The fourth-order valence-corrected chi connectivity index (χ4v) is 1.69. The van der Waals surface area contributed by atoms with Crippen LogP contribution in [0.25, 0.3) is 5.69 Å². The van der Waals surface area contributed by atoms with Crippen LogP contribution in [0.1, 0.15) is 5.56 Å². The van der Waals surface area contributed by atoms with Gasteiger partial charge < -0.3 is 5.73 Å². The van der Waals surface area contributed by atoms with Crippen LogP contribution in [0.4, 0.5) is 4.79 Å². The van der Waals surface area contributed by atoms with Crippen molar-refractivity contribution in [3.05, 3.63) is 46.7 Å². The summed E-state index contributed by atoms with van der Waals surface area (Å²) >= 11 is 3.34. The lowest BCUT2D eigenvalue weighted by atomic mass is 10.2. The van der Waals surface area contributed by atoms with Gasteiger partial charge in [-0.2, -0.15) is 10.2 Å². The summed E-state index contributed by atoms with van der Waals surface area (Å²) in [6.07, 6.45) is 5.03. The molecular formula is C11H10BrN5O. The van der Waals surface area contributed by atoms with E-state index in [0.29, 0.717) is 0 Å². The number of carbonyl (C=O) groups is 1. The maximum Gasteiger partial charge on any atom is 0.332 e. The number of nitrogens with two attached hydrogens (primary N) is 1. The van der Waals surface area contributed by atoms with E-state index in [0.717, 1.165) is 15.7 Å². The van der Waals surface area contributed by atoms with Gasteiger partial charge in [0.2, 0.25) is 0 Å². The third-order valence-corrected chi connectivity index (χ3v) is 2.52. The summed E-state index contributed by atoms with van der Waals surface area (Å²) in [5.74, 6) is 0. The average molecular weight is 308 g/mol. The van der Waals surface area contributed by atoms with Gasteiger partial charge in [-0.25, -0.2) is 14.9 Å². The van der Waals surface area contributed by atoms with Gasteiger partial charge >= 0.3 is 6.03 Å². The van der Waals surface area contributed by atoms with E-state index in [1.807, 2.05) is 30.5 Å². The maximum atomic E-state index is 10.5. The topological polar surface area (TPSA) is 85.3 Å². The maximum absolute atomic E-state index is 10.5. The summed E-state index contributed by atoms with van der Waals surface area (Å²) in [4.78, 5) is 10.5. The first kappa shape index (κ1) is 12.3. The predicted molar refractivity (Wildman–Crippen MR) is 71.6 cm³/mol. The molecule has 92 valence electrons. The molecule has 0 bridgehead atoms. The van der Waals surface area contributed by atoms with Crippen LogP contribution in [0.15, 0.2) is 46.2 Å². The van der Waals surface area contributed by atoms with Crippen molar-refractivity contribution < 1.29 is 4.79 Å². The number of carbonyl (C=O) groups excluding carboxylic acids is 1. The van der Waals surface area contributed by atoms with Crippen molar-refractivity contribution in [2.75, 3.05) is 0 Å². The number of aromatic nitrogens is 2. The molecule has 0 atom stereocenters. The number of hydrazone groups is 1.